The highest BCUT2D eigenvalue weighted by Gasteiger charge is 2.10. The fourth-order valence-electron chi connectivity index (χ4n) is 2.64. The van der Waals surface area contributed by atoms with E-state index in [1.165, 1.54) is 13.2 Å². The van der Waals surface area contributed by atoms with Crippen LogP contribution in [0.15, 0.2) is 42.5 Å². The molecule has 0 amide bonds. The number of ether oxygens (including phenoxy) is 1. The van der Waals surface area contributed by atoms with Crippen LogP contribution in [0, 0.1) is 0 Å². The minimum Gasteiger partial charge on any atom is -0.508 e. The van der Waals surface area contributed by atoms with Crippen LogP contribution >= 0.6 is 0 Å². The van der Waals surface area contributed by atoms with E-state index >= 15 is 0 Å². The molecule has 1 atom stereocenters. The molecular weight excluding hydrogens is 334 g/mol. The fourth-order valence-corrected chi connectivity index (χ4v) is 2.64. The quantitative estimate of drug-likeness (QED) is 0.403. The molecule has 2 rings (SSSR count). The maximum absolute atomic E-state index is 11.4. The lowest BCUT2D eigenvalue weighted by atomic mass is 10.0. The predicted octanol–water partition coefficient (Wildman–Crippen LogP) is 1.93. The molecule has 0 fully saturated rings. The van der Waals surface area contributed by atoms with Gasteiger partial charge in [-0.15, -0.1) is 0 Å². The van der Waals surface area contributed by atoms with E-state index < -0.39 is 6.10 Å². The summed E-state index contributed by atoms with van der Waals surface area (Å²) in [6.45, 7) is 0.853. The van der Waals surface area contributed by atoms with Crippen molar-refractivity contribution >= 4 is 5.97 Å². The summed E-state index contributed by atoms with van der Waals surface area (Å²) in [6.07, 6.45) is 1.04. The van der Waals surface area contributed by atoms with Gasteiger partial charge in [-0.2, -0.15) is 0 Å². The number of rotatable bonds is 9. The number of hydrogen-bond acceptors (Lipinski definition) is 6. The molecular formula is C20H25NO5. The van der Waals surface area contributed by atoms with Gasteiger partial charge in [0.1, 0.15) is 5.75 Å². The Kier molecular flexibility index (Phi) is 7.59. The summed E-state index contributed by atoms with van der Waals surface area (Å²) in [4.78, 5) is 11.4. The second kappa shape index (κ2) is 9.91. The number of methoxy groups -OCH3 is 1. The molecule has 0 aliphatic rings. The fraction of sp³-hybridized carbons (Fsp3) is 0.350. The van der Waals surface area contributed by atoms with Crippen molar-refractivity contribution in [2.75, 3.05) is 20.2 Å². The van der Waals surface area contributed by atoms with Gasteiger partial charge < -0.3 is 25.4 Å². The first kappa shape index (κ1) is 19.9. The number of carbonyl (C=O) groups excluding carboxylic acids is 1. The van der Waals surface area contributed by atoms with E-state index in [-0.39, 0.29) is 18.3 Å². The Morgan fingerprint density at radius 3 is 2.58 bits per heavy atom. The molecule has 140 valence electrons. The van der Waals surface area contributed by atoms with Gasteiger partial charge in [0.25, 0.3) is 0 Å². The van der Waals surface area contributed by atoms with E-state index in [4.69, 9.17) is 5.11 Å². The van der Waals surface area contributed by atoms with Gasteiger partial charge in [0.2, 0.25) is 0 Å². The van der Waals surface area contributed by atoms with E-state index in [2.05, 4.69) is 10.1 Å². The maximum Gasteiger partial charge on any atom is 0.337 e. The molecule has 0 saturated heterocycles. The number of carbonyl (C=O) groups is 1. The van der Waals surface area contributed by atoms with Crippen molar-refractivity contribution in [1.82, 2.24) is 5.32 Å². The summed E-state index contributed by atoms with van der Waals surface area (Å²) in [5, 5.41) is 32.1. The molecule has 6 heteroatoms. The highest BCUT2D eigenvalue weighted by Crippen LogP contribution is 2.22. The number of benzene rings is 2. The molecule has 0 aliphatic carbocycles. The average molecular weight is 359 g/mol. The van der Waals surface area contributed by atoms with Crippen molar-refractivity contribution in [2.24, 2.45) is 0 Å². The van der Waals surface area contributed by atoms with Gasteiger partial charge in [-0.05, 0) is 54.8 Å². The average Bonchev–Trinajstić information content (AvgIpc) is 2.67. The van der Waals surface area contributed by atoms with E-state index in [0.29, 0.717) is 23.2 Å². The molecule has 0 aliphatic heterocycles. The molecule has 0 saturated carbocycles. The Morgan fingerprint density at radius 1 is 1.19 bits per heavy atom. The Labute approximate surface area is 153 Å². The van der Waals surface area contributed by atoms with Crippen molar-refractivity contribution < 1.29 is 24.9 Å². The lowest BCUT2D eigenvalue weighted by Gasteiger charge is -2.14. The largest absolute Gasteiger partial charge is 0.508 e. The second-order valence-electron chi connectivity index (χ2n) is 6.06. The Hall–Kier alpha value is -2.41. The number of aryl methyl sites for hydroxylation is 1. The first-order valence-corrected chi connectivity index (χ1v) is 8.54. The summed E-state index contributed by atoms with van der Waals surface area (Å²) >= 11 is 0. The van der Waals surface area contributed by atoms with Crippen LogP contribution in [-0.4, -0.2) is 41.5 Å². The first-order valence-electron chi connectivity index (χ1n) is 8.54. The Morgan fingerprint density at radius 2 is 1.92 bits per heavy atom. The van der Waals surface area contributed by atoms with E-state index in [9.17, 15) is 15.0 Å². The van der Waals surface area contributed by atoms with E-state index in [1.807, 2.05) is 12.1 Å². The van der Waals surface area contributed by atoms with Gasteiger partial charge in [-0.3, -0.25) is 0 Å². The number of esters is 1. The minimum absolute atomic E-state index is 0.0228. The first-order chi connectivity index (χ1) is 12.5. The lowest BCUT2D eigenvalue weighted by Crippen LogP contribution is -2.23. The number of phenols is 1. The maximum atomic E-state index is 11.4. The minimum atomic E-state index is -0.708. The van der Waals surface area contributed by atoms with E-state index in [1.54, 1.807) is 24.3 Å². The van der Waals surface area contributed by atoms with Crippen LogP contribution in [-0.2, 0) is 17.8 Å². The van der Waals surface area contributed by atoms with Crippen LogP contribution < -0.4 is 5.32 Å². The standard InChI is InChI=1S/C20H25NO5/c1-26-20(25)15-6-4-14(5-7-15)3-2-10-21-12-19(24)16-8-9-18(23)17(11-16)13-22/h4-9,11,19,21-24H,2-3,10,12-13H2,1H3/t19-/m0/s1. The Balaban J connectivity index is 1.72. The highest BCUT2D eigenvalue weighted by atomic mass is 16.5. The van der Waals surface area contributed by atoms with Crippen LogP contribution in [0.25, 0.3) is 0 Å². The summed E-state index contributed by atoms with van der Waals surface area (Å²) in [7, 11) is 1.36. The van der Waals surface area contributed by atoms with Gasteiger partial charge >= 0.3 is 5.97 Å². The third-order valence-corrected chi connectivity index (χ3v) is 4.19. The molecule has 4 N–H and O–H groups in total. The third-order valence-electron chi connectivity index (χ3n) is 4.19. The molecule has 26 heavy (non-hydrogen) atoms. The molecule has 2 aromatic rings. The van der Waals surface area contributed by atoms with Crippen LogP contribution in [0.2, 0.25) is 0 Å². The molecule has 0 unspecified atom stereocenters. The van der Waals surface area contributed by atoms with Crippen molar-refractivity contribution in [3.8, 4) is 5.75 Å². The van der Waals surface area contributed by atoms with Crippen molar-refractivity contribution in [3.05, 3.63) is 64.7 Å². The van der Waals surface area contributed by atoms with E-state index in [0.717, 1.165) is 24.9 Å². The zero-order chi connectivity index (χ0) is 18.9. The third kappa shape index (κ3) is 5.56. The number of aliphatic hydroxyl groups is 2. The summed E-state index contributed by atoms with van der Waals surface area (Å²) in [5.74, 6) is -0.319. The normalized spacial score (nSPS) is 12.0. The molecule has 0 radical (unpaired) electrons. The van der Waals surface area contributed by atoms with Gasteiger partial charge in [0, 0.05) is 12.1 Å². The molecule has 0 heterocycles. The number of aliphatic hydroxyl groups excluding tert-OH is 2. The zero-order valence-corrected chi connectivity index (χ0v) is 14.8. The summed E-state index contributed by atoms with van der Waals surface area (Å²) in [5.41, 5.74) is 2.72. The molecule has 6 nitrogen and oxygen atoms in total. The Bertz CT molecular complexity index is 715. The summed E-state index contributed by atoms with van der Waals surface area (Å²) in [6, 6.07) is 12.0. The van der Waals surface area contributed by atoms with Crippen molar-refractivity contribution in [1.29, 1.82) is 0 Å². The van der Waals surface area contributed by atoms with Gasteiger partial charge in [0.15, 0.2) is 0 Å². The predicted molar refractivity (Wildman–Crippen MR) is 98.0 cm³/mol. The van der Waals surface area contributed by atoms with Crippen LogP contribution in [0.5, 0.6) is 5.75 Å². The van der Waals surface area contributed by atoms with Gasteiger partial charge in [-0.1, -0.05) is 18.2 Å². The van der Waals surface area contributed by atoms with Crippen molar-refractivity contribution in [3.63, 3.8) is 0 Å². The second-order valence-corrected chi connectivity index (χ2v) is 6.06. The molecule has 0 aromatic heterocycles. The number of nitrogens with one attached hydrogen (secondary N) is 1. The lowest BCUT2D eigenvalue weighted by molar-refractivity contribution is 0.0600. The number of hydrogen-bond donors (Lipinski definition) is 4. The van der Waals surface area contributed by atoms with Crippen LogP contribution in [0.1, 0.15) is 39.6 Å². The van der Waals surface area contributed by atoms with Crippen LogP contribution in [0.4, 0.5) is 0 Å². The van der Waals surface area contributed by atoms with Crippen molar-refractivity contribution in [2.45, 2.75) is 25.6 Å². The molecule has 2 aromatic carbocycles. The van der Waals surface area contributed by atoms with Gasteiger partial charge in [0.05, 0.1) is 25.4 Å². The van der Waals surface area contributed by atoms with Crippen LogP contribution in [0.3, 0.4) is 0 Å². The zero-order valence-electron chi connectivity index (χ0n) is 14.8. The number of aromatic hydroxyl groups is 1. The molecule has 0 bridgehead atoms. The SMILES string of the molecule is COC(=O)c1ccc(CCCNC[C@H](O)c2ccc(O)c(CO)c2)cc1. The smallest absolute Gasteiger partial charge is 0.337 e. The monoisotopic (exact) mass is 359 g/mol. The highest BCUT2D eigenvalue weighted by molar-refractivity contribution is 5.89. The topological polar surface area (TPSA) is 99.0 Å². The van der Waals surface area contributed by atoms with Gasteiger partial charge in [-0.25, -0.2) is 4.79 Å². The summed E-state index contributed by atoms with van der Waals surface area (Å²) < 4.78 is 4.67. The molecule has 0 spiro atoms.